The molecule has 0 N–H and O–H groups in total. The van der Waals surface area contributed by atoms with Crippen molar-refractivity contribution in [2.75, 3.05) is 25.2 Å². The van der Waals surface area contributed by atoms with Crippen molar-refractivity contribution in [1.82, 2.24) is 0 Å². The highest BCUT2D eigenvalue weighted by Gasteiger charge is 2.22. The van der Waals surface area contributed by atoms with Crippen LogP contribution in [0, 0.1) is 5.82 Å². The van der Waals surface area contributed by atoms with E-state index in [2.05, 4.69) is 0 Å². The first-order valence-corrected chi connectivity index (χ1v) is 6.41. The topological polar surface area (TPSA) is 12.5 Å². The van der Waals surface area contributed by atoms with Gasteiger partial charge < -0.3 is 9.64 Å². The molecule has 1 saturated heterocycles. The van der Waals surface area contributed by atoms with Gasteiger partial charge in [0.25, 0.3) is 0 Å². The Labute approximate surface area is 106 Å². The lowest BCUT2D eigenvalue weighted by Crippen LogP contribution is -2.37. The van der Waals surface area contributed by atoms with Gasteiger partial charge in [-0.2, -0.15) is 0 Å². The summed E-state index contributed by atoms with van der Waals surface area (Å²) >= 11 is 5.87. The highest BCUT2D eigenvalue weighted by atomic mass is 35.5. The molecule has 1 aliphatic rings. The highest BCUT2D eigenvalue weighted by molar-refractivity contribution is 6.17. The van der Waals surface area contributed by atoms with Crippen LogP contribution in [0.15, 0.2) is 18.2 Å². The molecule has 4 heteroatoms. The van der Waals surface area contributed by atoms with Crippen molar-refractivity contribution < 1.29 is 9.13 Å². The third-order valence-corrected chi connectivity index (χ3v) is 3.59. The van der Waals surface area contributed by atoms with Gasteiger partial charge in [0.15, 0.2) is 0 Å². The molecular weight excluding hydrogens is 241 g/mol. The molecule has 1 heterocycles. The van der Waals surface area contributed by atoms with E-state index in [1.54, 1.807) is 6.07 Å². The number of benzene rings is 1. The van der Waals surface area contributed by atoms with Crippen LogP contribution in [-0.2, 0) is 10.6 Å². The number of para-hydroxylation sites is 1. The van der Waals surface area contributed by atoms with Gasteiger partial charge in [-0.1, -0.05) is 12.1 Å². The number of ether oxygens (including phenoxy) is 1. The summed E-state index contributed by atoms with van der Waals surface area (Å²) in [5, 5.41) is 0. The number of nitrogens with zero attached hydrogens (tertiary/aromatic N) is 1. The van der Waals surface area contributed by atoms with E-state index < -0.39 is 0 Å². The van der Waals surface area contributed by atoms with Gasteiger partial charge in [0.05, 0.1) is 5.69 Å². The average molecular weight is 258 g/mol. The van der Waals surface area contributed by atoms with Crippen molar-refractivity contribution >= 4 is 17.3 Å². The number of hydrogen-bond donors (Lipinski definition) is 0. The van der Waals surface area contributed by atoms with Gasteiger partial charge in [-0.05, 0) is 24.5 Å². The summed E-state index contributed by atoms with van der Waals surface area (Å²) in [6, 6.07) is 5.40. The molecule has 1 fully saturated rings. The van der Waals surface area contributed by atoms with Crippen LogP contribution in [0.2, 0.25) is 0 Å². The number of hydrogen-bond acceptors (Lipinski definition) is 2. The van der Waals surface area contributed by atoms with Crippen molar-refractivity contribution in [1.29, 1.82) is 0 Å². The molecule has 0 atom stereocenters. The Morgan fingerprint density at radius 1 is 1.41 bits per heavy atom. The molecule has 0 radical (unpaired) electrons. The van der Waals surface area contributed by atoms with Crippen LogP contribution in [-0.4, -0.2) is 26.3 Å². The second-order valence-electron chi connectivity index (χ2n) is 4.34. The van der Waals surface area contributed by atoms with Gasteiger partial charge in [0.1, 0.15) is 5.82 Å². The van der Waals surface area contributed by atoms with E-state index in [-0.39, 0.29) is 5.82 Å². The minimum atomic E-state index is -0.197. The maximum Gasteiger partial charge on any atom is 0.146 e. The summed E-state index contributed by atoms with van der Waals surface area (Å²) in [4.78, 5) is 2.01. The largest absolute Gasteiger partial charge is 0.381 e. The molecule has 1 aromatic carbocycles. The third-order valence-electron chi connectivity index (χ3n) is 3.31. The fourth-order valence-corrected chi connectivity index (χ4v) is 2.53. The molecule has 17 heavy (non-hydrogen) atoms. The molecule has 2 rings (SSSR count). The van der Waals surface area contributed by atoms with E-state index in [1.807, 2.05) is 18.0 Å². The monoisotopic (exact) mass is 257 g/mol. The van der Waals surface area contributed by atoms with Crippen LogP contribution in [0.5, 0.6) is 0 Å². The van der Waals surface area contributed by atoms with E-state index in [0.29, 0.717) is 17.6 Å². The average Bonchev–Trinajstić information content (AvgIpc) is 2.38. The van der Waals surface area contributed by atoms with Crippen LogP contribution in [0.25, 0.3) is 0 Å². The van der Waals surface area contributed by atoms with Gasteiger partial charge in [0.2, 0.25) is 0 Å². The number of rotatable bonds is 3. The second-order valence-corrected chi connectivity index (χ2v) is 4.60. The summed E-state index contributed by atoms with van der Waals surface area (Å²) < 4.78 is 19.2. The van der Waals surface area contributed by atoms with Gasteiger partial charge >= 0.3 is 0 Å². The molecule has 0 spiro atoms. The standard InChI is InChI=1S/C13H17ClFNO/c1-16(11-5-7-17-8-6-11)13-10(9-14)3-2-4-12(13)15/h2-4,11H,5-9H2,1H3. The van der Waals surface area contributed by atoms with Crippen molar-refractivity contribution in [2.24, 2.45) is 0 Å². The lowest BCUT2D eigenvalue weighted by Gasteiger charge is -2.34. The van der Waals surface area contributed by atoms with Crippen molar-refractivity contribution in [3.63, 3.8) is 0 Å². The molecule has 0 aromatic heterocycles. The molecule has 0 bridgehead atoms. The zero-order valence-corrected chi connectivity index (χ0v) is 10.7. The van der Waals surface area contributed by atoms with Gasteiger partial charge in [-0.3, -0.25) is 0 Å². The van der Waals surface area contributed by atoms with Crippen LogP contribution in [0.3, 0.4) is 0 Å². The number of anilines is 1. The Bertz CT molecular complexity index is 380. The van der Waals surface area contributed by atoms with E-state index in [4.69, 9.17) is 16.3 Å². The van der Waals surface area contributed by atoms with E-state index >= 15 is 0 Å². The lowest BCUT2D eigenvalue weighted by atomic mass is 10.1. The quantitative estimate of drug-likeness (QED) is 0.771. The summed E-state index contributed by atoms with van der Waals surface area (Å²) in [6.45, 7) is 1.50. The first-order valence-electron chi connectivity index (χ1n) is 5.88. The van der Waals surface area contributed by atoms with E-state index in [9.17, 15) is 4.39 Å². The molecule has 0 aliphatic carbocycles. The van der Waals surface area contributed by atoms with Crippen molar-refractivity contribution in [3.05, 3.63) is 29.6 Å². The van der Waals surface area contributed by atoms with Crippen LogP contribution in [0.1, 0.15) is 18.4 Å². The Morgan fingerprint density at radius 2 is 2.12 bits per heavy atom. The SMILES string of the molecule is CN(c1c(F)cccc1CCl)C1CCOCC1. The van der Waals surface area contributed by atoms with Crippen molar-refractivity contribution in [2.45, 2.75) is 24.8 Å². The van der Waals surface area contributed by atoms with Gasteiger partial charge in [-0.15, -0.1) is 11.6 Å². The first kappa shape index (κ1) is 12.7. The second kappa shape index (κ2) is 5.69. The van der Waals surface area contributed by atoms with Crippen molar-refractivity contribution in [3.8, 4) is 0 Å². The number of alkyl halides is 1. The Balaban J connectivity index is 2.25. The zero-order chi connectivity index (χ0) is 12.3. The Kier molecular flexibility index (Phi) is 4.24. The minimum Gasteiger partial charge on any atom is -0.381 e. The summed E-state index contributed by atoms with van der Waals surface area (Å²) in [7, 11) is 1.93. The molecule has 0 saturated carbocycles. The van der Waals surface area contributed by atoms with Gasteiger partial charge in [0, 0.05) is 32.2 Å². The van der Waals surface area contributed by atoms with Gasteiger partial charge in [-0.25, -0.2) is 4.39 Å². The van der Waals surface area contributed by atoms with E-state index in [0.717, 1.165) is 31.6 Å². The predicted octanol–water partition coefficient (Wildman–Crippen LogP) is 3.18. The minimum absolute atomic E-state index is 0.197. The summed E-state index contributed by atoms with van der Waals surface area (Å²) in [6.07, 6.45) is 1.87. The normalized spacial score (nSPS) is 17.1. The Hall–Kier alpha value is -0.800. The summed E-state index contributed by atoms with van der Waals surface area (Å²) in [5.41, 5.74) is 1.48. The van der Waals surface area contributed by atoms with E-state index in [1.165, 1.54) is 6.07 Å². The van der Waals surface area contributed by atoms with Crippen LogP contribution in [0.4, 0.5) is 10.1 Å². The summed E-state index contributed by atoms with van der Waals surface area (Å²) in [5.74, 6) is 0.137. The maximum absolute atomic E-state index is 13.9. The molecule has 94 valence electrons. The van der Waals surface area contributed by atoms with Crippen LogP contribution >= 0.6 is 11.6 Å². The molecule has 0 unspecified atom stereocenters. The predicted molar refractivity (Wildman–Crippen MR) is 68.2 cm³/mol. The third kappa shape index (κ3) is 2.72. The molecule has 1 aromatic rings. The maximum atomic E-state index is 13.9. The fraction of sp³-hybridized carbons (Fsp3) is 0.538. The van der Waals surface area contributed by atoms with Crippen LogP contribution < -0.4 is 4.90 Å². The Morgan fingerprint density at radius 3 is 2.76 bits per heavy atom. The molecule has 0 amide bonds. The molecule has 1 aliphatic heterocycles. The first-order chi connectivity index (χ1) is 8.24. The highest BCUT2D eigenvalue weighted by Crippen LogP contribution is 2.28. The smallest absolute Gasteiger partial charge is 0.146 e. The zero-order valence-electron chi connectivity index (χ0n) is 9.96. The lowest BCUT2D eigenvalue weighted by molar-refractivity contribution is 0.0853. The number of halogens is 2. The fourth-order valence-electron chi connectivity index (χ4n) is 2.32. The molecular formula is C13H17ClFNO. The molecule has 2 nitrogen and oxygen atoms in total.